The molecular formula is C25H19FN2O4S. The van der Waals surface area contributed by atoms with Gasteiger partial charge in [-0.3, -0.25) is 9.36 Å². The highest BCUT2D eigenvalue weighted by atomic mass is 32.1. The fraction of sp³-hybridized carbons (Fsp3) is 0.120. The zero-order chi connectivity index (χ0) is 23.1. The van der Waals surface area contributed by atoms with Crippen LogP contribution >= 0.6 is 11.3 Å². The molecule has 0 aliphatic carbocycles. The van der Waals surface area contributed by atoms with Gasteiger partial charge in [0.15, 0.2) is 11.5 Å². The Labute approximate surface area is 191 Å². The predicted octanol–water partition coefficient (Wildman–Crippen LogP) is 4.57. The number of methoxy groups -OCH3 is 2. The summed E-state index contributed by atoms with van der Waals surface area (Å²) < 4.78 is 28.2. The first-order valence-corrected chi connectivity index (χ1v) is 11.0. The summed E-state index contributed by atoms with van der Waals surface area (Å²) in [4.78, 5) is 27.3. The minimum absolute atomic E-state index is 0.184. The number of ether oxygens (including phenoxy) is 2. The van der Waals surface area contributed by atoms with E-state index >= 15 is 0 Å². The van der Waals surface area contributed by atoms with Crippen molar-refractivity contribution in [1.82, 2.24) is 9.13 Å². The van der Waals surface area contributed by atoms with Gasteiger partial charge in [0.05, 0.1) is 32.0 Å². The van der Waals surface area contributed by atoms with Crippen molar-refractivity contribution in [2.24, 2.45) is 0 Å². The highest BCUT2D eigenvalue weighted by Crippen LogP contribution is 2.32. The van der Waals surface area contributed by atoms with Crippen LogP contribution in [0.15, 0.2) is 76.3 Å². The summed E-state index contributed by atoms with van der Waals surface area (Å²) in [5.41, 5.74) is 0.792. The zero-order valence-electron chi connectivity index (χ0n) is 17.9. The molecule has 0 N–H and O–H groups in total. The molecule has 166 valence electrons. The Hall–Kier alpha value is -3.91. The average Bonchev–Trinajstić information content (AvgIpc) is 3.23. The van der Waals surface area contributed by atoms with E-state index in [4.69, 9.17) is 9.47 Å². The van der Waals surface area contributed by atoms with Crippen LogP contribution in [0.3, 0.4) is 0 Å². The minimum Gasteiger partial charge on any atom is -0.493 e. The third kappa shape index (κ3) is 3.48. The van der Waals surface area contributed by atoms with Crippen LogP contribution in [-0.4, -0.2) is 23.4 Å². The molecule has 0 aliphatic heterocycles. The molecule has 0 amide bonds. The van der Waals surface area contributed by atoms with E-state index in [1.54, 1.807) is 34.9 Å². The number of aromatic nitrogens is 2. The molecule has 0 unspecified atom stereocenters. The van der Waals surface area contributed by atoms with Gasteiger partial charge in [0, 0.05) is 16.2 Å². The van der Waals surface area contributed by atoms with Crippen LogP contribution in [0.5, 0.6) is 11.5 Å². The van der Waals surface area contributed by atoms with Gasteiger partial charge >= 0.3 is 5.69 Å². The van der Waals surface area contributed by atoms with Crippen LogP contribution in [0.2, 0.25) is 0 Å². The lowest BCUT2D eigenvalue weighted by Gasteiger charge is -2.14. The lowest BCUT2D eigenvalue weighted by Crippen LogP contribution is -2.38. The van der Waals surface area contributed by atoms with E-state index in [0.29, 0.717) is 27.4 Å². The molecule has 0 radical (unpaired) electrons. The summed E-state index contributed by atoms with van der Waals surface area (Å²) in [5, 5.41) is 0.827. The third-order valence-electron chi connectivity index (χ3n) is 5.54. The summed E-state index contributed by atoms with van der Waals surface area (Å²) in [7, 11) is 3.01. The fourth-order valence-corrected chi connectivity index (χ4v) is 5.10. The molecule has 2 aromatic heterocycles. The standard InChI is InChI=1S/C25H19FN2O4S/c1-31-19-12-11-17(13-20(19)32-2)28-24(29)23-22(18-5-3-4-6-21(18)33-23)27(25(28)30)14-15-7-9-16(26)10-8-15/h3-13H,14H2,1-2H3. The number of hydrogen-bond donors (Lipinski definition) is 0. The normalized spacial score (nSPS) is 11.2. The van der Waals surface area contributed by atoms with Crippen molar-refractivity contribution in [2.45, 2.75) is 6.54 Å². The molecule has 0 fully saturated rings. The average molecular weight is 463 g/mol. The summed E-state index contributed by atoms with van der Waals surface area (Å²) in [6.07, 6.45) is 0. The SMILES string of the molecule is COc1ccc(-n2c(=O)c3sc4ccccc4c3n(Cc3ccc(F)cc3)c2=O)cc1OC. The second-order valence-electron chi connectivity index (χ2n) is 7.45. The maximum Gasteiger partial charge on any atom is 0.336 e. The van der Waals surface area contributed by atoms with E-state index in [2.05, 4.69) is 0 Å². The van der Waals surface area contributed by atoms with Gasteiger partial charge in [-0.1, -0.05) is 30.3 Å². The Bertz CT molecular complexity index is 1620. The van der Waals surface area contributed by atoms with Crippen molar-refractivity contribution < 1.29 is 13.9 Å². The number of nitrogens with zero attached hydrogens (tertiary/aromatic N) is 2. The number of rotatable bonds is 5. The lowest BCUT2D eigenvalue weighted by molar-refractivity contribution is 0.355. The van der Waals surface area contributed by atoms with Crippen LogP contribution in [0.4, 0.5) is 4.39 Å². The first kappa shape index (κ1) is 21.0. The maximum atomic E-state index is 13.8. The predicted molar refractivity (Wildman–Crippen MR) is 128 cm³/mol. The molecule has 0 saturated heterocycles. The molecule has 3 aromatic carbocycles. The Balaban J connectivity index is 1.85. The largest absolute Gasteiger partial charge is 0.493 e. The van der Waals surface area contributed by atoms with Crippen molar-refractivity contribution in [2.75, 3.05) is 14.2 Å². The molecule has 0 spiro atoms. The first-order chi connectivity index (χ1) is 16.0. The monoisotopic (exact) mass is 462 g/mol. The number of hydrogen-bond acceptors (Lipinski definition) is 5. The van der Waals surface area contributed by atoms with Gasteiger partial charge in [-0.2, -0.15) is 0 Å². The van der Waals surface area contributed by atoms with E-state index < -0.39 is 11.2 Å². The van der Waals surface area contributed by atoms with Crippen molar-refractivity contribution in [3.63, 3.8) is 0 Å². The summed E-state index contributed by atoms with van der Waals surface area (Å²) in [6, 6.07) is 18.5. The van der Waals surface area contributed by atoms with Gasteiger partial charge in [0.1, 0.15) is 10.5 Å². The summed E-state index contributed by atoms with van der Waals surface area (Å²) in [5.74, 6) is 0.541. The fourth-order valence-electron chi connectivity index (χ4n) is 3.96. The summed E-state index contributed by atoms with van der Waals surface area (Å²) >= 11 is 1.34. The van der Waals surface area contributed by atoms with Gasteiger partial charge in [-0.15, -0.1) is 11.3 Å². The number of fused-ring (bicyclic) bond motifs is 3. The second kappa shape index (κ2) is 8.22. The number of benzene rings is 3. The van der Waals surface area contributed by atoms with Crippen LogP contribution in [0.1, 0.15) is 5.56 Å². The molecule has 8 heteroatoms. The second-order valence-corrected chi connectivity index (χ2v) is 8.50. The molecule has 5 rings (SSSR count). The zero-order valence-corrected chi connectivity index (χ0v) is 18.7. The van der Waals surface area contributed by atoms with E-state index in [1.165, 1.54) is 37.7 Å². The van der Waals surface area contributed by atoms with Crippen LogP contribution in [-0.2, 0) is 6.54 Å². The third-order valence-corrected chi connectivity index (χ3v) is 6.69. The van der Waals surface area contributed by atoms with Crippen LogP contribution in [0, 0.1) is 5.82 Å². The van der Waals surface area contributed by atoms with Gasteiger partial charge in [0.25, 0.3) is 5.56 Å². The van der Waals surface area contributed by atoms with Crippen molar-refractivity contribution in [3.05, 3.63) is 98.9 Å². The van der Waals surface area contributed by atoms with E-state index in [9.17, 15) is 14.0 Å². The topological polar surface area (TPSA) is 62.5 Å². The molecule has 0 atom stereocenters. The molecule has 33 heavy (non-hydrogen) atoms. The number of thiophene rings is 1. The highest BCUT2D eigenvalue weighted by molar-refractivity contribution is 7.25. The Morgan fingerprint density at radius 1 is 0.909 bits per heavy atom. The van der Waals surface area contributed by atoms with E-state index in [-0.39, 0.29) is 12.4 Å². The van der Waals surface area contributed by atoms with Crippen molar-refractivity contribution >= 4 is 31.6 Å². The van der Waals surface area contributed by atoms with Gasteiger partial charge < -0.3 is 9.47 Å². The molecule has 0 aliphatic rings. The minimum atomic E-state index is -0.493. The Morgan fingerprint density at radius 2 is 1.64 bits per heavy atom. The smallest absolute Gasteiger partial charge is 0.336 e. The molecule has 6 nitrogen and oxygen atoms in total. The van der Waals surface area contributed by atoms with Crippen LogP contribution < -0.4 is 20.7 Å². The lowest BCUT2D eigenvalue weighted by atomic mass is 10.2. The highest BCUT2D eigenvalue weighted by Gasteiger charge is 2.20. The quantitative estimate of drug-likeness (QED) is 0.384. The molecule has 2 heterocycles. The molecular weight excluding hydrogens is 443 g/mol. The number of halogens is 1. The van der Waals surface area contributed by atoms with Crippen molar-refractivity contribution in [3.8, 4) is 17.2 Å². The molecule has 5 aromatic rings. The van der Waals surface area contributed by atoms with Gasteiger partial charge in [-0.05, 0) is 35.9 Å². The van der Waals surface area contributed by atoms with Gasteiger partial charge in [-0.25, -0.2) is 13.8 Å². The summed E-state index contributed by atoms with van der Waals surface area (Å²) in [6.45, 7) is 0.184. The van der Waals surface area contributed by atoms with E-state index in [0.717, 1.165) is 20.2 Å². The Morgan fingerprint density at radius 3 is 2.36 bits per heavy atom. The maximum absolute atomic E-state index is 13.8. The van der Waals surface area contributed by atoms with E-state index in [1.807, 2.05) is 24.3 Å². The molecule has 0 bridgehead atoms. The van der Waals surface area contributed by atoms with Crippen LogP contribution in [0.25, 0.3) is 26.0 Å². The first-order valence-electron chi connectivity index (χ1n) is 10.2. The molecule has 0 saturated carbocycles. The van der Waals surface area contributed by atoms with Gasteiger partial charge in [0.2, 0.25) is 0 Å². The van der Waals surface area contributed by atoms with Crippen molar-refractivity contribution in [1.29, 1.82) is 0 Å². The Kier molecular flexibility index (Phi) is 5.22.